The molecule has 0 bridgehead atoms. The highest BCUT2D eigenvalue weighted by molar-refractivity contribution is 5.85. The van der Waals surface area contributed by atoms with Gasteiger partial charge >= 0.3 is 6.03 Å². The van der Waals surface area contributed by atoms with Gasteiger partial charge in [0.15, 0.2) is 0 Å². The minimum Gasteiger partial charge on any atom is -0.377 e. The maximum absolute atomic E-state index is 10.6. The lowest BCUT2D eigenvalue weighted by Crippen LogP contribution is -2.24. The quantitative estimate of drug-likeness (QED) is 0.630. The Labute approximate surface area is 113 Å². The van der Waals surface area contributed by atoms with Crippen LogP contribution in [0.15, 0.2) is 11.2 Å². The van der Waals surface area contributed by atoms with Gasteiger partial charge in [-0.25, -0.2) is 10.2 Å². The number of nitrogens with one attached hydrogen (secondary N) is 1. The molecule has 0 aromatic heterocycles. The van der Waals surface area contributed by atoms with Gasteiger partial charge in [-0.05, 0) is 49.9 Å². The predicted octanol–water partition coefficient (Wildman–Crippen LogP) is 2.15. The molecule has 0 spiro atoms. The van der Waals surface area contributed by atoms with Crippen LogP contribution in [-0.4, -0.2) is 18.9 Å². The fourth-order valence-corrected chi connectivity index (χ4v) is 2.03. The van der Waals surface area contributed by atoms with Crippen LogP contribution in [0.4, 0.5) is 4.79 Å². The van der Waals surface area contributed by atoms with Gasteiger partial charge in [-0.2, -0.15) is 5.10 Å². The normalized spacial score (nSPS) is 10.9. The summed E-state index contributed by atoms with van der Waals surface area (Å²) in [5.74, 6) is 0. The molecule has 0 saturated heterocycles. The number of hydrazone groups is 1. The van der Waals surface area contributed by atoms with E-state index in [-0.39, 0.29) is 0 Å². The fraction of sp³-hybridized carbons (Fsp3) is 0.429. The molecule has 0 aliphatic carbocycles. The molecule has 0 aliphatic heterocycles. The number of primary amides is 1. The Kier molecular flexibility index (Phi) is 5.51. The van der Waals surface area contributed by atoms with Crippen molar-refractivity contribution in [2.75, 3.05) is 6.61 Å². The topological polar surface area (TPSA) is 76.7 Å². The monoisotopic (exact) mass is 263 g/mol. The van der Waals surface area contributed by atoms with Gasteiger partial charge < -0.3 is 10.5 Å². The first-order chi connectivity index (χ1) is 8.97. The molecule has 5 nitrogen and oxygen atoms in total. The van der Waals surface area contributed by atoms with E-state index < -0.39 is 6.03 Å². The molecule has 0 aliphatic rings. The molecule has 0 atom stereocenters. The van der Waals surface area contributed by atoms with Crippen molar-refractivity contribution in [3.8, 4) is 0 Å². The Morgan fingerprint density at radius 1 is 1.42 bits per heavy atom. The van der Waals surface area contributed by atoms with Gasteiger partial charge in [-0.15, -0.1) is 0 Å². The number of rotatable bonds is 5. The van der Waals surface area contributed by atoms with Crippen LogP contribution in [0.5, 0.6) is 0 Å². The van der Waals surface area contributed by atoms with Crippen LogP contribution >= 0.6 is 0 Å². The number of nitrogens with zero attached hydrogens (tertiary/aromatic N) is 1. The number of aryl methyl sites for hydroxylation is 2. The molecule has 1 rings (SSSR count). The van der Waals surface area contributed by atoms with Crippen LogP contribution in [-0.2, 0) is 11.3 Å². The number of carbonyl (C=O) groups excluding carboxylic acids is 1. The van der Waals surface area contributed by atoms with Gasteiger partial charge in [0.1, 0.15) is 0 Å². The van der Waals surface area contributed by atoms with Gasteiger partial charge in [-0.3, -0.25) is 0 Å². The molecule has 0 heterocycles. The largest absolute Gasteiger partial charge is 0.377 e. The van der Waals surface area contributed by atoms with Crippen LogP contribution < -0.4 is 11.2 Å². The average Bonchev–Trinajstić information content (AvgIpc) is 2.32. The SMILES string of the molecule is CCOCc1c(C)cc(C)c(/C=N/NC(N)=O)c1C. The van der Waals surface area contributed by atoms with Crippen molar-refractivity contribution >= 4 is 12.2 Å². The standard InChI is InChI=1S/C14H21N3O2/c1-5-19-8-13-10(3)6-9(2)12(11(13)4)7-16-17-14(15)18/h6-7H,5,8H2,1-4H3,(H3,15,17,18)/b16-7+. The van der Waals surface area contributed by atoms with E-state index >= 15 is 0 Å². The van der Waals surface area contributed by atoms with E-state index in [2.05, 4.69) is 23.5 Å². The number of ether oxygens (including phenoxy) is 1. The van der Waals surface area contributed by atoms with Crippen molar-refractivity contribution < 1.29 is 9.53 Å². The third-order valence-corrected chi connectivity index (χ3v) is 3.01. The highest BCUT2D eigenvalue weighted by Crippen LogP contribution is 2.21. The summed E-state index contributed by atoms with van der Waals surface area (Å²) in [7, 11) is 0. The third kappa shape index (κ3) is 4.06. The molecule has 104 valence electrons. The summed E-state index contributed by atoms with van der Waals surface area (Å²) in [4.78, 5) is 10.6. The molecule has 2 amide bonds. The summed E-state index contributed by atoms with van der Waals surface area (Å²) in [5.41, 5.74) is 12.7. The summed E-state index contributed by atoms with van der Waals surface area (Å²) >= 11 is 0. The highest BCUT2D eigenvalue weighted by atomic mass is 16.5. The van der Waals surface area contributed by atoms with E-state index in [0.29, 0.717) is 13.2 Å². The molecule has 1 aromatic carbocycles. The molecule has 0 fully saturated rings. The fourth-order valence-electron chi connectivity index (χ4n) is 2.03. The van der Waals surface area contributed by atoms with E-state index in [1.807, 2.05) is 20.8 Å². The Bertz CT molecular complexity index is 496. The van der Waals surface area contributed by atoms with Crippen molar-refractivity contribution in [2.45, 2.75) is 34.3 Å². The highest BCUT2D eigenvalue weighted by Gasteiger charge is 2.09. The minimum atomic E-state index is -0.673. The minimum absolute atomic E-state index is 0.582. The van der Waals surface area contributed by atoms with E-state index in [1.54, 1.807) is 6.21 Å². The number of nitrogens with two attached hydrogens (primary N) is 1. The zero-order valence-electron chi connectivity index (χ0n) is 11.9. The Morgan fingerprint density at radius 2 is 2.11 bits per heavy atom. The molecule has 1 aromatic rings. The van der Waals surface area contributed by atoms with E-state index in [0.717, 1.165) is 22.3 Å². The molecule has 0 saturated carbocycles. The molecular formula is C14H21N3O2. The summed E-state index contributed by atoms with van der Waals surface area (Å²) in [6.07, 6.45) is 1.62. The van der Waals surface area contributed by atoms with E-state index in [1.165, 1.54) is 5.56 Å². The first-order valence-electron chi connectivity index (χ1n) is 6.23. The van der Waals surface area contributed by atoms with Crippen LogP contribution in [0, 0.1) is 20.8 Å². The zero-order chi connectivity index (χ0) is 14.4. The first kappa shape index (κ1) is 15.2. The lowest BCUT2D eigenvalue weighted by atomic mass is 9.94. The third-order valence-electron chi connectivity index (χ3n) is 3.01. The molecule has 0 unspecified atom stereocenters. The number of amides is 2. The smallest absolute Gasteiger partial charge is 0.332 e. The van der Waals surface area contributed by atoms with E-state index in [4.69, 9.17) is 10.5 Å². The maximum atomic E-state index is 10.6. The van der Waals surface area contributed by atoms with Crippen LogP contribution in [0.3, 0.4) is 0 Å². The first-order valence-corrected chi connectivity index (χ1v) is 6.23. The lowest BCUT2D eigenvalue weighted by molar-refractivity contribution is 0.133. The van der Waals surface area contributed by atoms with Gasteiger partial charge in [-0.1, -0.05) is 6.07 Å². The van der Waals surface area contributed by atoms with Crippen molar-refractivity contribution in [1.29, 1.82) is 0 Å². The number of urea groups is 1. The second kappa shape index (κ2) is 6.89. The Morgan fingerprint density at radius 3 is 2.68 bits per heavy atom. The second-order valence-electron chi connectivity index (χ2n) is 4.40. The van der Waals surface area contributed by atoms with Crippen molar-refractivity contribution in [1.82, 2.24) is 5.43 Å². The Balaban J connectivity index is 3.09. The lowest BCUT2D eigenvalue weighted by Gasteiger charge is -2.15. The predicted molar refractivity (Wildman–Crippen MR) is 76.3 cm³/mol. The number of carbonyl (C=O) groups is 1. The summed E-state index contributed by atoms with van der Waals surface area (Å²) < 4.78 is 5.48. The van der Waals surface area contributed by atoms with Crippen LogP contribution in [0.25, 0.3) is 0 Å². The molecule has 5 heteroatoms. The van der Waals surface area contributed by atoms with Gasteiger partial charge in [0.25, 0.3) is 0 Å². The molecule has 3 N–H and O–H groups in total. The molecular weight excluding hydrogens is 242 g/mol. The van der Waals surface area contributed by atoms with Gasteiger partial charge in [0, 0.05) is 12.2 Å². The Hall–Kier alpha value is -1.88. The van der Waals surface area contributed by atoms with Crippen molar-refractivity contribution in [3.05, 3.63) is 33.9 Å². The van der Waals surface area contributed by atoms with Gasteiger partial charge in [0.2, 0.25) is 0 Å². The van der Waals surface area contributed by atoms with Crippen molar-refractivity contribution in [2.24, 2.45) is 10.8 Å². The summed E-state index contributed by atoms with van der Waals surface area (Å²) in [6.45, 7) is 9.34. The average molecular weight is 263 g/mol. The van der Waals surface area contributed by atoms with Crippen LogP contribution in [0.2, 0.25) is 0 Å². The summed E-state index contributed by atoms with van der Waals surface area (Å²) in [5, 5.41) is 3.82. The zero-order valence-corrected chi connectivity index (χ0v) is 11.9. The summed E-state index contributed by atoms with van der Waals surface area (Å²) in [6, 6.07) is 1.42. The number of hydrogen-bond acceptors (Lipinski definition) is 3. The maximum Gasteiger partial charge on any atom is 0.332 e. The van der Waals surface area contributed by atoms with Gasteiger partial charge in [0.05, 0.1) is 12.8 Å². The second-order valence-corrected chi connectivity index (χ2v) is 4.40. The van der Waals surface area contributed by atoms with Crippen molar-refractivity contribution in [3.63, 3.8) is 0 Å². The number of benzene rings is 1. The molecule has 19 heavy (non-hydrogen) atoms. The van der Waals surface area contributed by atoms with E-state index in [9.17, 15) is 4.79 Å². The molecule has 0 radical (unpaired) electrons. The number of hydrogen-bond donors (Lipinski definition) is 2. The van der Waals surface area contributed by atoms with Crippen LogP contribution in [0.1, 0.15) is 34.7 Å².